The van der Waals surface area contributed by atoms with Crippen LogP contribution < -0.4 is 0 Å². The fourth-order valence-corrected chi connectivity index (χ4v) is 2.54. The molecule has 0 aliphatic carbocycles. The van der Waals surface area contributed by atoms with Crippen molar-refractivity contribution in [1.29, 1.82) is 5.26 Å². The highest BCUT2D eigenvalue weighted by Gasteiger charge is 2.47. The van der Waals surface area contributed by atoms with Crippen LogP contribution in [0.2, 0.25) is 0 Å². The molecule has 0 radical (unpaired) electrons. The van der Waals surface area contributed by atoms with E-state index in [1.54, 1.807) is 4.90 Å². The summed E-state index contributed by atoms with van der Waals surface area (Å²) in [5, 5.41) is 8.90. The second-order valence-corrected chi connectivity index (χ2v) is 6.18. The van der Waals surface area contributed by atoms with Crippen LogP contribution in [0.25, 0.3) is 0 Å². The molecule has 0 saturated carbocycles. The van der Waals surface area contributed by atoms with Crippen LogP contribution in [0.5, 0.6) is 0 Å². The number of carbonyl (C=O) groups excluding carboxylic acids is 1. The minimum absolute atomic E-state index is 0.0383. The lowest BCUT2D eigenvalue weighted by molar-refractivity contribution is 0.000369. The third kappa shape index (κ3) is 2.75. The van der Waals surface area contributed by atoms with Gasteiger partial charge in [-0.25, -0.2) is 4.79 Å². The molecule has 5 nitrogen and oxygen atoms in total. The molecule has 2 fully saturated rings. The summed E-state index contributed by atoms with van der Waals surface area (Å²) in [6, 6.07) is 2.24. The van der Waals surface area contributed by atoms with Gasteiger partial charge in [-0.05, 0) is 33.6 Å². The van der Waals surface area contributed by atoms with Gasteiger partial charge in [0.2, 0.25) is 0 Å². The van der Waals surface area contributed by atoms with E-state index in [0.29, 0.717) is 19.7 Å². The van der Waals surface area contributed by atoms with E-state index in [1.165, 1.54) is 0 Å². The molecule has 0 aromatic heterocycles. The number of hydrogen-bond donors (Lipinski definition) is 0. The van der Waals surface area contributed by atoms with Crippen molar-refractivity contribution in [2.24, 2.45) is 5.92 Å². The topological polar surface area (TPSA) is 62.6 Å². The molecule has 2 aliphatic rings. The van der Waals surface area contributed by atoms with Gasteiger partial charge in [0, 0.05) is 6.54 Å². The van der Waals surface area contributed by atoms with Crippen LogP contribution in [0, 0.1) is 17.2 Å². The number of hydrogen-bond acceptors (Lipinski definition) is 4. The average Bonchev–Trinajstić information content (AvgIpc) is 2.84. The zero-order valence-corrected chi connectivity index (χ0v) is 11.2. The molecule has 2 heterocycles. The van der Waals surface area contributed by atoms with E-state index in [0.717, 1.165) is 12.8 Å². The molecule has 2 aliphatic heterocycles. The highest BCUT2D eigenvalue weighted by Crippen LogP contribution is 2.37. The van der Waals surface area contributed by atoms with Gasteiger partial charge in [0.15, 0.2) is 0 Å². The number of nitrogens with zero attached hydrogens (tertiary/aromatic N) is 2. The highest BCUT2D eigenvalue weighted by molar-refractivity contribution is 5.68. The summed E-state index contributed by atoms with van der Waals surface area (Å²) >= 11 is 0. The number of nitriles is 1. The molecule has 5 heteroatoms. The predicted octanol–water partition coefficient (Wildman–Crippen LogP) is 1.93. The molecule has 2 atom stereocenters. The molecule has 100 valence electrons. The van der Waals surface area contributed by atoms with Crippen LogP contribution in [0.4, 0.5) is 4.79 Å². The molecule has 2 saturated heterocycles. The van der Waals surface area contributed by atoms with E-state index in [9.17, 15) is 4.79 Å². The smallest absolute Gasteiger partial charge is 0.410 e. The molecular weight excluding hydrogens is 232 g/mol. The zero-order valence-electron chi connectivity index (χ0n) is 11.2. The van der Waals surface area contributed by atoms with Crippen LogP contribution in [-0.4, -0.2) is 41.9 Å². The van der Waals surface area contributed by atoms with Crippen molar-refractivity contribution >= 4 is 6.09 Å². The van der Waals surface area contributed by atoms with Crippen molar-refractivity contribution in [3.63, 3.8) is 0 Å². The van der Waals surface area contributed by atoms with Gasteiger partial charge in [-0.15, -0.1) is 0 Å². The van der Waals surface area contributed by atoms with Crippen LogP contribution in [0.1, 0.15) is 33.6 Å². The van der Waals surface area contributed by atoms with Crippen molar-refractivity contribution in [3.8, 4) is 6.07 Å². The molecule has 0 N–H and O–H groups in total. The van der Waals surface area contributed by atoms with Crippen LogP contribution in [0.15, 0.2) is 0 Å². The number of carbonyl (C=O) groups is 1. The van der Waals surface area contributed by atoms with Gasteiger partial charge in [-0.2, -0.15) is 5.26 Å². The fraction of sp³-hybridized carbons (Fsp3) is 0.846. The zero-order chi connectivity index (χ0) is 13.4. The first kappa shape index (κ1) is 13.2. The summed E-state index contributed by atoms with van der Waals surface area (Å²) in [5.74, 6) is -0.0383. The first-order valence-corrected chi connectivity index (χ1v) is 6.35. The van der Waals surface area contributed by atoms with Gasteiger partial charge in [0.05, 0.1) is 30.7 Å². The summed E-state index contributed by atoms with van der Waals surface area (Å²) in [4.78, 5) is 13.6. The van der Waals surface area contributed by atoms with Crippen LogP contribution in [-0.2, 0) is 9.47 Å². The third-order valence-electron chi connectivity index (χ3n) is 3.36. The molecule has 1 amide bonds. The van der Waals surface area contributed by atoms with Gasteiger partial charge >= 0.3 is 6.09 Å². The lowest BCUT2D eigenvalue weighted by Gasteiger charge is -2.26. The van der Waals surface area contributed by atoms with Crippen LogP contribution >= 0.6 is 0 Å². The summed E-state index contributed by atoms with van der Waals surface area (Å²) in [5.41, 5.74) is -0.782. The molecule has 18 heavy (non-hydrogen) atoms. The number of likely N-dealkylation sites (tertiary alicyclic amines) is 1. The molecule has 0 aromatic rings. The lowest BCUT2D eigenvalue weighted by atomic mass is 9.94. The predicted molar refractivity (Wildman–Crippen MR) is 64.8 cm³/mol. The van der Waals surface area contributed by atoms with E-state index in [2.05, 4.69) is 6.07 Å². The number of ether oxygens (including phenoxy) is 2. The lowest BCUT2D eigenvalue weighted by Crippen LogP contribution is -2.39. The Bertz CT molecular complexity index is 383. The molecular formula is C13H20N2O3. The second-order valence-electron chi connectivity index (χ2n) is 6.18. The normalized spacial score (nSPS) is 31.7. The highest BCUT2D eigenvalue weighted by atomic mass is 16.6. The van der Waals surface area contributed by atoms with Gasteiger partial charge in [0.1, 0.15) is 5.60 Å². The second kappa shape index (κ2) is 4.43. The maximum absolute atomic E-state index is 11.9. The first-order valence-electron chi connectivity index (χ1n) is 6.35. The largest absolute Gasteiger partial charge is 0.444 e. The summed E-state index contributed by atoms with van der Waals surface area (Å²) < 4.78 is 11.1. The van der Waals surface area contributed by atoms with Gasteiger partial charge < -0.3 is 14.4 Å². The number of rotatable bonds is 0. The molecule has 2 rings (SSSR count). The van der Waals surface area contributed by atoms with Crippen molar-refractivity contribution in [1.82, 2.24) is 4.90 Å². The van der Waals surface area contributed by atoms with Crippen LogP contribution in [0.3, 0.4) is 0 Å². The third-order valence-corrected chi connectivity index (χ3v) is 3.36. The average molecular weight is 252 g/mol. The Morgan fingerprint density at radius 1 is 1.56 bits per heavy atom. The summed E-state index contributed by atoms with van der Waals surface area (Å²) in [7, 11) is 0. The molecule has 1 spiro atoms. The van der Waals surface area contributed by atoms with E-state index >= 15 is 0 Å². The molecule has 2 unspecified atom stereocenters. The Kier molecular flexibility index (Phi) is 3.24. The Morgan fingerprint density at radius 3 is 2.83 bits per heavy atom. The maximum Gasteiger partial charge on any atom is 0.410 e. The van der Waals surface area contributed by atoms with Crippen molar-refractivity contribution in [2.75, 3.05) is 19.7 Å². The quantitative estimate of drug-likeness (QED) is 0.661. The van der Waals surface area contributed by atoms with Gasteiger partial charge in [-0.1, -0.05) is 0 Å². The fourth-order valence-electron chi connectivity index (χ4n) is 2.54. The Hall–Kier alpha value is -1.28. The van der Waals surface area contributed by atoms with E-state index in [4.69, 9.17) is 14.7 Å². The Labute approximate surface area is 108 Å². The minimum Gasteiger partial charge on any atom is -0.444 e. The van der Waals surface area contributed by atoms with Crippen molar-refractivity contribution in [2.45, 2.75) is 44.8 Å². The standard InChI is InChI=1S/C13H20N2O3/c1-12(2,3)18-11(16)15-5-4-13(9-15)6-10(7-14)8-17-13/h10H,4-6,8-9H2,1-3H3. The first-order chi connectivity index (χ1) is 8.34. The maximum atomic E-state index is 11.9. The minimum atomic E-state index is -0.474. The Morgan fingerprint density at radius 2 is 2.28 bits per heavy atom. The summed E-state index contributed by atoms with van der Waals surface area (Å²) in [6.45, 7) is 7.24. The van der Waals surface area contributed by atoms with Gasteiger partial charge in [0.25, 0.3) is 0 Å². The Balaban J connectivity index is 1.93. The van der Waals surface area contributed by atoms with E-state index in [-0.39, 0.29) is 17.6 Å². The van der Waals surface area contributed by atoms with Crippen molar-refractivity contribution in [3.05, 3.63) is 0 Å². The van der Waals surface area contributed by atoms with Crippen molar-refractivity contribution < 1.29 is 14.3 Å². The molecule has 0 aromatic carbocycles. The SMILES string of the molecule is CC(C)(C)OC(=O)N1CCC2(CC(C#N)CO2)C1. The summed E-state index contributed by atoms with van der Waals surface area (Å²) in [6.07, 6.45) is 1.23. The van der Waals surface area contributed by atoms with Gasteiger partial charge in [-0.3, -0.25) is 0 Å². The van der Waals surface area contributed by atoms with E-state index in [1.807, 2.05) is 20.8 Å². The van der Waals surface area contributed by atoms with E-state index < -0.39 is 5.60 Å². The monoisotopic (exact) mass is 252 g/mol. The number of amides is 1. The molecule has 0 bridgehead atoms.